The number of carbonyl (C=O) groups excluding carboxylic acids is 3. The Hall–Kier alpha value is -1.59. The topological polar surface area (TPSA) is 78.9 Å². The number of hydrogen-bond donors (Lipinski definition) is 0. The van der Waals surface area contributed by atoms with Gasteiger partial charge in [-0.05, 0) is 31.1 Å². The molecule has 0 spiro atoms. The van der Waals surface area contributed by atoms with Gasteiger partial charge in [-0.15, -0.1) is 0 Å². The monoisotopic (exact) mass is 751 g/mol. The van der Waals surface area contributed by atoms with Gasteiger partial charge in [-0.3, -0.25) is 14.4 Å². The molecule has 0 aliphatic rings. The van der Waals surface area contributed by atoms with Gasteiger partial charge < -0.3 is 14.2 Å². The van der Waals surface area contributed by atoms with Gasteiger partial charge in [0, 0.05) is 19.3 Å². The predicted molar refractivity (Wildman–Crippen MR) is 224 cm³/mol. The molecule has 0 amide bonds. The van der Waals surface area contributed by atoms with Crippen LogP contribution in [0.15, 0.2) is 0 Å². The van der Waals surface area contributed by atoms with Crippen LogP contribution in [0.5, 0.6) is 0 Å². The zero-order valence-corrected chi connectivity index (χ0v) is 36.1. The highest BCUT2D eigenvalue weighted by Gasteiger charge is 2.19. The quantitative estimate of drug-likeness (QED) is 0.0352. The minimum absolute atomic E-state index is 0.0655. The molecule has 53 heavy (non-hydrogen) atoms. The first kappa shape index (κ1) is 51.4. The zero-order valence-electron chi connectivity index (χ0n) is 36.1. The fourth-order valence-corrected chi connectivity index (χ4v) is 6.93. The summed E-state index contributed by atoms with van der Waals surface area (Å²) in [5.74, 6) is 0.777. The minimum Gasteiger partial charge on any atom is -0.462 e. The van der Waals surface area contributed by atoms with E-state index in [1.54, 1.807) is 0 Å². The summed E-state index contributed by atoms with van der Waals surface area (Å²) in [7, 11) is 0. The lowest BCUT2D eigenvalue weighted by Crippen LogP contribution is -2.30. The Labute approximate surface area is 329 Å². The molecule has 0 radical (unpaired) electrons. The van der Waals surface area contributed by atoms with Crippen LogP contribution in [0.1, 0.15) is 253 Å². The summed E-state index contributed by atoms with van der Waals surface area (Å²) in [4.78, 5) is 37.6. The number of esters is 3. The first-order valence-electron chi connectivity index (χ1n) is 23.2. The Morgan fingerprint density at radius 1 is 0.358 bits per heavy atom. The molecule has 0 N–H and O–H groups in total. The smallest absolute Gasteiger partial charge is 0.306 e. The van der Waals surface area contributed by atoms with Gasteiger partial charge in [0.05, 0.1) is 0 Å². The summed E-state index contributed by atoms with van der Waals surface area (Å²) in [6.45, 7) is 11.3. The van der Waals surface area contributed by atoms with Gasteiger partial charge >= 0.3 is 17.9 Å². The van der Waals surface area contributed by atoms with E-state index in [1.807, 2.05) is 0 Å². The van der Waals surface area contributed by atoms with Gasteiger partial charge in [0.1, 0.15) is 13.2 Å². The van der Waals surface area contributed by atoms with Crippen molar-refractivity contribution in [3.8, 4) is 0 Å². The van der Waals surface area contributed by atoms with E-state index in [4.69, 9.17) is 14.2 Å². The molecule has 0 rings (SSSR count). The van der Waals surface area contributed by atoms with Crippen molar-refractivity contribution in [2.45, 2.75) is 259 Å². The highest BCUT2D eigenvalue weighted by Crippen LogP contribution is 2.17. The average molecular weight is 751 g/mol. The van der Waals surface area contributed by atoms with Crippen LogP contribution >= 0.6 is 0 Å². The van der Waals surface area contributed by atoms with Gasteiger partial charge in [0.2, 0.25) is 0 Å². The van der Waals surface area contributed by atoms with E-state index >= 15 is 0 Å². The van der Waals surface area contributed by atoms with E-state index in [0.717, 1.165) is 69.6 Å². The van der Waals surface area contributed by atoms with Crippen LogP contribution in [0.2, 0.25) is 0 Å². The van der Waals surface area contributed by atoms with Crippen LogP contribution in [0.4, 0.5) is 0 Å². The maximum absolute atomic E-state index is 12.7. The summed E-state index contributed by atoms with van der Waals surface area (Å²) in [5.41, 5.74) is 0. The predicted octanol–water partition coefficient (Wildman–Crippen LogP) is 14.6. The second-order valence-corrected chi connectivity index (χ2v) is 17.0. The van der Waals surface area contributed by atoms with E-state index < -0.39 is 6.10 Å². The van der Waals surface area contributed by atoms with E-state index in [0.29, 0.717) is 19.3 Å². The van der Waals surface area contributed by atoms with Gasteiger partial charge in [-0.25, -0.2) is 0 Å². The Bertz CT molecular complexity index is 809. The lowest BCUT2D eigenvalue weighted by Gasteiger charge is -2.18. The lowest BCUT2D eigenvalue weighted by molar-refractivity contribution is -0.167. The van der Waals surface area contributed by atoms with Crippen molar-refractivity contribution in [2.24, 2.45) is 11.8 Å². The molecular formula is C47H90O6. The fraction of sp³-hybridized carbons (Fsp3) is 0.936. The Morgan fingerprint density at radius 2 is 0.623 bits per heavy atom. The SMILES string of the molecule is CCCCCCCCCC(=O)OC[C@H](COC(=O)CCCCCCCCCCC(C)C)OC(=O)CCCCCCCCCCCCCCCCC(C)C. The standard InChI is InChI=1S/C47H90O6/c1-6-7-8-9-20-27-32-37-45(48)51-40-44(41-52-46(49)38-33-28-23-19-18-22-26-31-36-43(4)5)53-47(50)39-34-29-24-17-15-13-11-10-12-14-16-21-25-30-35-42(2)3/h42-44H,6-41H2,1-5H3/t44-/m1/s1. The number of unbranched alkanes of at least 4 members (excludes halogenated alkanes) is 26. The summed E-state index contributed by atoms with van der Waals surface area (Å²) in [6, 6.07) is 0. The van der Waals surface area contributed by atoms with E-state index in [1.165, 1.54) is 141 Å². The summed E-state index contributed by atoms with van der Waals surface area (Å²) in [6.07, 6.45) is 38.2. The van der Waals surface area contributed by atoms with Gasteiger partial charge in [-0.2, -0.15) is 0 Å². The molecule has 1 atom stereocenters. The molecule has 0 heterocycles. The van der Waals surface area contributed by atoms with Crippen molar-refractivity contribution in [1.82, 2.24) is 0 Å². The normalized spacial score (nSPS) is 12.1. The second-order valence-electron chi connectivity index (χ2n) is 17.0. The van der Waals surface area contributed by atoms with Crippen LogP contribution in [-0.4, -0.2) is 37.2 Å². The molecule has 0 saturated heterocycles. The molecule has 6 heteroatoms. The third-order valence-corrected chi connectivity index (χ3v) is 10.5. The van der Waals surface area contributed by atoms with E-state index in [9.17, 15) is 14.4 Å². The highest BCUT2D eigenvalue weighted by atomic mass is 16.6. The molecule has 314 valence electrons. The van der Waals surface area contributed by atoms with Crippen LogP contribution in [0.3, 0.4) is 0 Å². The van der Waals surface area contributed by atoms with Crippen LogP contribution < -0.4 is 0 Å². The molecule has 0 fully saturated rings. The Balaban J connectivity index is 4.23. The molecule has 0 aromatic carbocycles. The van der Waals surface area contributed by atoms with Gasteiger partial charge in [-0.1, -0.05) is 214 Å². The maximum atomic E-state index is 12.7. The van der Waals surface area contributed by atoms with Crippen molar-refractivity contribution < 1.29 is 28.6 Å². The van der Waals surface area contributed by atoms with Crippen molar-refractivity contribution in [1.29, 1.82) is 0 Å². The van der Waals surface area contributed by atoms with Gasteiger partial charge in [0.15, 0.2) is 6.10 Å². The van der Waals surface area contributed by atoms with Crippen LogP contribution in [0.25, 0.3) is 0 Å². The molecular weight excluding hydrogens is 661 g/mol. The molecule has 0 aromatic rings. The Morgan fingerprint density at radius 3 is 0.925 bits per heavy atom. The van der Waals surface area contributed by atoms with Crippen LogP contribution in [0, 0.1) is 11.8 Å². The molecule has 6 nitrogen and oxygen atoms in total. The largest absolute Gasteiger partial charge is 0.462 e. The first-order valence-corrected chi connectivity index (χ1v) is 23.2. The van der Waals surface area contributed by atoms with Crippen molar-refractivity contribution in [3.63, 3.8) is 0 Å². The molecule has 0 aliphatic heterocycles. The van der Waals surface area contributed by atoms with Crippen molar-refractivity contribution in [2.75, 3.05) is 13.2 Å². The fourth-order valence-electron chi connectivity index (χ4n) is 6.93. The highest BCUT2D eigenvalue weighted by molar-refractivity contribution is 5.71. The van der Waals surface area contributed by atoms with Crippen LogP contribution in [-0.2, 0) is 28.6 Å². The third-order valence-electron chi connectivity index (χ3n) is 10.5. The van der Waals surface area contributed by atoms with Crippen molar-refractivity contribution in [3.05, 3.63) is 0 Å². The molecule has 0 aromatic heterocycles. The lowest BCUT2D eigenvalue weighted by atomic mass is 10.0. The Kier molecular flexibility index (Phi) is 38.9. The molecule has 0 bridgehead atoms. The molecule has 0 aliphatic carbocycles. The summed E-state index contributed by atoms with van der Waals surface area (Å²) < 4.78 is 16.7. The first-order chi connectivity index (χ1) is 25.7. The number of hydrogen-bond acceptors (Lipinski definition) is 6. The van der Waals surface area contributed by atoms with Crippen molar-refractivity contribution >= 4 is 17.9 Å². The zero-order chi connectivity index (χ0) is 39.0. The summed E-state index contributed by atoms with van der Waals surface area (Å²) in [5, 5.41) is 0. The third kappa shape index (κ3) is 41.4. The van der Waals surface area contributed by atoms with E-state index in [2.05, 4.69) is 34.6 Å². The second kappa shape index (κ2) is 40.1. The minimum atomic E-state index is -0.759. The van der Waals surface area contributed by atoms with Gasteiger partial charge in [0.25, 0.3) is 0 Å². The number of carbonyl (C=O) groups is 3. The number of ether oxygens (including phenoxy) is 3. The maximum Gasteiger partial charge on any atom is 0.306 e. The molecule has 0 saturated carbocycles. The average Bonchev–Trinajstić information content (AvgIpc) is 3.12. The molecule has 0 unspecified atom stereocenters. The van der Waals surface area contributed by atoms with E-state index in [-0.39, 0.29) is 31.1 Å². The number of rotatable bonds is 41. The summed E-state index contributed by atoms with van der Waals surface area (Å²) >= 11 is 0.